The first-order valence-corrected chi connectivity index (χ1v) is 7.70. The highest BCUT2D eigenvalue weighted by Crippen LogP contribution is 2.20. The smallest absolute Gasteiger partial charge is 0.223 e. The molecule has 1 fully saturated rings. The number of benzene rings is 1. The summed E-state index contributed by atoms with van der Waals surface area (Å²) in [5, 5.41) is 3.31. The van der Waals surface area contributed by atoms with E-state index in [4.69, 9.17) is 4.74 Å². The van der Waals surface area contributed by atoms with Crippen LogP contribution in [0.1, 0.15) is 19.3 Å². The fraction of sp³-hybridized carbons (Fsp3) is 0.471. The van der Waals surface area contributed by atoms with Crippen LogP contribution < -0.4 is 10.1 Å². The molecule has 4 nitrogen and oxygen atoms in total. The number of carbonyl (C=O) groups is 1. The first-order chi connectivity index (χ1) is 10.7. The van der Waals surface area contributed by atoms with E-state index in [1.54, 1.807) is 18.2 Å². The molecule has 1 atom stereocenters. The summed E-state index contributed by atoms with van der Waals surface area (Å²) < 4.78 is 18.2. The first-order valence-electron chi connectivity index (χ1n) is 7.70. The van der Waals surface area contributed by atoms with Crippen molar-refractivity contribution in [2.45, 2.75) is 25.3 Å². The molecule has 0 aromatic heterocycles. The van der Waals surface area contributed by atoms with E-state index in [9.17, 15) is 9.18 Å². The summed E-state index contributed by atoms with van der Waals surface area (Å²) in [6.45, 7) is 6.44. The maximum Gasteiger partial charge on any atom is 0.223 e. The van der Waals surface area contributed by atoms with Crippen molar-refractivity contribution in [3.8, 4) is 5.75 Å². The summed E-state index contributed by atoms with van der Waals surface area (Å²) in [5.41, 5.74) is 0. The Hall–Kier alpha value is -1.88. The molecule has 1 amide bonds. The largest absolute Gasteiger partial charge is 0.492 e. The van der Waals surface area contributed by atoms with Gasteiger partial charge in [-0.1, -0.05) is 6.08 Å². The molecular formula is C17H23FN2O2. The molecule has 0 aliphatic carbocycles. The first kappa shape index (κ1) is 16.5. The second-order valence-electron chi connectivity index (χ2n) is 5.37. The van der Waals surface area contributed by atoms with Crippen molar-refractivity contribution >= 4 is 5.91 Å². The number of amides is 1. The molecule has 2 rings (SSSR count). The van der Waals surface area contributed by atoms with Gasteiger partial charge in [-0.05, 0) is 43.7 Å². The minimum Gasteiger partial charge on any atom is -0.492 e. The Bertz CT molecular complexity index is 490. The van der Waals surface area contributed by atoms with Crippen molar-refractivity contribution in [3.63, 3.8) is 0 Å². The van der Waals surface area contributed by atoms with Crippen molar-refractivity contribution in [3.05, 3.63) is 42.7 Å². The number of hydrogen-bond acceptors (Lipinski definition) is 3. The van der Waals surface area contributed by atoms with Gasteiger partial charge in [-0.3, -0.25) is 4.79 Å². The number of nitrogens with zero attached hydrogens (tertiary/aromatic N) is 1. The molecule has 0 saturated carbocycles. The topological polar surface area (TPSA) is 41.6 Å². The van der Waals surface area contributed by atoms with E-state index in [-0.39, 0.29) is 11.7 Å². The molecule has 1 aromatic carbocycles. The van der Waals surface area contributed by atoms with Gasteiger partial charge in [-0.25, -0.2) is 4.39 Å². The minimum absolute atomic E-state index is 0.226. The predicted molar refractivity (Wildman–Crippen MR) is 84.3 cm³/mol. The van der Waals surface area contributed by atoms with Crippen LogP contribution in [0.5, 0.6) is 5.75 Å². The second kappa shape index (κ2) is 8.54. The van der Waals surface area contributed by atoms with Gasteiger partial charge >= 0.3 is 0 Å². The highest BCUT2D eigenvalue weighted by molar-refractivity contribution is 5.78. The van der Waals surface area contributed by atoms with Gasteiger partial charge in [-0.2, -0.15) is 0 Å². The van der Waals surface area contributed by atoms with Crippen molar-refractivity contribution in [2.24, 2.45) is 0 Å². The van der Waals surface area contributed by atoms with Gasteiger partial charge in [0, 0.05) is 25.6 Å². The molecule has 1 heterocycles. The monoisotopic (exact) mass is 306 g/mol. The Labute approximate surface area is 131 Å². The lowest BCUT2D eigenvalue weighted by molar-refractivity contribution is -0.128. The Morgan fingerprint density at radius 2 is 2.14 bits per heavy atom. The van der Waals surface area contributed by atoms with Gasteiger partial charge in [0.15, 0.2) is 0 Å². The van der Waals surface area contributed by atoms with E-state index in [0.717, 1.165) is 25.9 Å². The average Bonchev–Trinajstić information content (AvgIpc) is 2.86. The maximum absolute atomic E-state index is 12.7. The van der Waals surface area contributed by atoms with Crippen LogP contribution in [0.2, 0.25) is 0 Å². The van der Waals surface area contributed by atoms with Gasteiger partial charge in [0.2, 0.25) is 5.91 Å². The lowest BCUT2D eigenvalue weighted by Gasteiger charge is -2.23. The molecule has 1 unspecified atom stereocenters. The number of likely N-dealkylation sites (tertiary alicyclic amines) is 1. The van der Waals surface area contributed by atoms with Crippen LogP contribution in [0.25, 0.3) is 0 Å². The molecule has 1 aliphatic rings. The lowest BCUT2D eigenvalue weighted by atomic mass is 10.1. The van der Waals surface area contributed by atoms with Crippen LogP contribution in [-0.4, -0.2) is 43.1 Å². The Morgan fingerprint density at radius 1 is 1.36 bits per heavy atom. The summed E-state index contributed by atoms with van der Waals surface area (Å²) in [7, 11) is 0. The van der Waals surface area contributed by atoms with E-state index in [1.165, 1.54) is 12.1 Å². The van der Waals surface area contributed by atoms with Gasteiger partial charge in [0.1, 0.15) is 18.2 Å². The van der Waals surface area contributed by atoms with Crippen molar-refractivity contribution in [1.29, 1.82) is 0 Å². The van der Waals surface area contributed by atoms with Crippen molar-refractivity contribution < 1.29 is 13.9 Å². The number of hydrogen-bond donors (Lipinski definition) is 1. The van der Waals surface area contributed by atoms with Crippen LogP contribution in [0, 0.1) is 5.82 Å². The van der Waals surface area contributed by atoms with E-state index in [2.05, 4.69) is 11.9 Å². The van der Waals surface area contributed by atoms with Gasteiger partial charge in [-0.15, -0.1) is 6.58 Å². The lowest BCUT2D eigenvalue weighted by Crippen LogP contribution is -2.35. The highest BCUT2D eigenvalue weighted by atomic mass is 19.1. The number of nitrogens with one attached hydrogen (secondary N) is 1. The SMILES string of the molecule is C=CCN1C(=O)CCC1CCNCCOc1ccc(F)cc1. The summed E-state index contributed by atoms with van der Waals surface area (Å²) in [6.07, 6.45) is 4.29. The molecule has 120 valence electrons. The molecule has 0 radical (unpaired) electrons. The van der Waals surface area contributed by atoms with Crippen LogP contribution in [-0.2, 0) is 4.79 Å². The zero-order valence-corrected chi connectivity index (χ0v) is 12.8. The molecular weight excluding hydrogens is 283 g/mol. The molecule has 1 saturated heterocycles. The Morgan fingerprint density at radius 3 is 2.86 bits per heavy atom. The maximum atomic E-state index is 12.7. The molecule has 22 heavy (non-hydrogen) atoms. The summed E-state index contributed by atoms with van der Waals surface area (Å²) in [6, 6.07) is 6.32. The van der Waals surface area contributed by atoms with Gasteiger partial charge in [0.25, 0.3) is 0 Å². The third-order valence-electron chi connectivity index (χ3n) is 3.79. The fourth-order valence-electron chi connectivity index (χ4n) is 2.65. The molecule has 1 aromatic rings. The van der Waals surface area contributed by atoms with Crippen molar-refractivity contribution in [1.82, 2.24) is 10.2 Å². The second-order valence-corrected chi connectivity index (χ2v) is 5.37. The van der Waals surface area contributed by atoms with E-state index in [1.807, 2.05) is 4.90 Å². The molecule has 1 N–H and O–H groups in total. The Balaban J connectivity index is 1.58. The third-order valence-corrected chi connectivity index (χ3v) is 3.79. The Kier molecular flexibility index (Phi) is 6.40. The standard InChI is InChI=1S/C17H23FN2O2/c1-2-12-20-15(5-8-17(20)21)9-10-19-11-13-22-16-6-3-14(18)4-7-16/h2-4,6-7,15,19H,1,5,8-13H2. The predicted octanol–water partition coefficient (Wildman–Crippen LogP) is 2.36. The average molecular weight is 306 g/mol. The number of rotatable bonds is 9. The number of ether oxygens (including phenoxy) is 1. The third kappa shape index (κ3) is 4.84. The van der Waals surface area contributed by atoms with Gasteiger partial charge in [0.05, 0.1) is 0 Å². The van der Waals surface area contributed by atoms with E-state index >= 15 is 0 Å². The van der Waals surface area contributed by atoms with Crippen LogP contribution in [0.15, 0.2) is 36.9 Å². The molecule has 1 aliphatic heterocycles. The van der Waals surface area contributed by atoms with Crippen LogP contribution in [0.4, 0.5) is 4.39 Å². The summed E-state index contributed by atoms with van der Waals surface area (Å²) in [4.78, 5) is 13.6. The van der Waals surface area contributed by atoms with Gasteiger partial charge < -0.3 is 15.0 Å². The summed E-state index contributed by atoms with van der Waals surface area (Å²) in [5.74, 6) is 0.631. The normalized spacial score (nSPS) is 17.8. The number of carbonyl (C=O) groups excluding carboxylic acids is 1. The quantitative estimate of drug-likeness (QED) is 0.562. The molecule has 0 spiro atoms. The fourth-order valence-corrected chi connectivity index (χ4v) is 2.65. The van der Waals surface area contributed by atoms with E-state index < -0.39 is 0 Å². The highest BCUT2D eigenvalue weighted by Gasteiger charge is 2.29. The molecule has 5 heteroatoms. The van der Waals surface area contributed by atoms with Crippen LogP contribution in [0.3, 0.4) is 0 Å². The summed E-state index contributed by atoms with van der Waals surface area (Å²) >= 11 is 0. The van der Waals surface area contributed by atoms with Crippen LogP contribution >= 0.6 is 0 Å². The van der Waals surface area contributed by atoms with E-state index in [0.29, 0.717) is 31.4 Å². The molecule has 0 bridgehead atoms. The zero-order chi connectivity index (χ0) is 15.8. The number of halogens is 1. The van der Waals surface area contributed by atoms with Crippen molar-refractivity contribution in [2.75, 3.05) is 26.2 Å². The minimum atomic E-state index is -0.263. The zero-order valence-electron chi connectivity index (χ0n) is 12.8.